The van der Waals surface area contributed by atoms with Gasteiger partial charge >= 0.3 is 11.9 Å². The van der Waals surface area contributed by atoms with Crippen LogP contribution >= 0.6 is 0 Å². The number of hydrogen-bond acceptors (Lipinski definition) is 6. The number of carbonyl (C=O) groups excluding carboxylic acids is 2. The highest BCUT2D eigenvalue weighted by molar-refractivity contribution is 5.91. The molecular formula is C24H46N2O4. The van der Waals surface area contributed by atoms with Crippen LogP contribution in [0.1, 0.15) is 79.1 Å². The molecule has 0 saturated carbocycles. The normalized spacial score (nSPS) is 11.5. The van der Waals surface area contributed by atoms with Gasteiger partial charge in [-0.2, -0.15) is 0 Å². The molecule has 0 aromatic heterocycles. The van der Waals surface area contributed by atoms with Crippen molar-refractivity contribution in [1.82, 2.24) is 9.80 Å². The summed E-state index contributed by atoms with van der Waals surface area (Å²) in [6, 6.07) is 0. The Bertz CT molecular complexity index is 402. The van der Waals surface area contributed by atoms with Crippen molar-refractivity contribution in [3.63, 3.8) is 0 Å². The van der Waals surface area contributed by atoms with Crippen LogP contribution in [0.25, 0.3) is 0 Å². The van der Waals surface area contributed by atoms with Gasteiger partial charge in [0, 0.05) is 12.2 Å². The maximum Gasteiger partial charge on any atom is 0.331 e. The average Bonchev–Trinajstić information content (AvgIpc) is 2.72. The molecule has 0 amide bonds. The molecule has 0 aliphatic carbocycles. The molecule has 0 aliphatic rings. The van der Waals surface area contributed by atoms with Gasteiger partial charge in [-0.25, -0.2) is 9.59 Å². The molecule has 0 unspecified atom stereocenters. The van der Waals surface area contributed by atoms with Crippen LogP contribution in [0.15, 0.2) is 12.2 Å². The van der Waals surface area contributed by atoms with E-state index in [4.69, 9.17) is 9.47 Å². The van der Waals surface area contributed by atoms with E-state index in [-0.39, 0.29) is 0 Å². The summed E-state index contributed by atoms with van der Waals surface area (Å²) in [5.74, 6) is -0.971. The van der Waals surface area contributed by atoms with Gasteiger partial charge in [-0.15, -0.1) is 0 Å². The van der Waals surface area contributed by atoms with Gasteiger partial charge in [0.2, 0.25) is 0 Å². The fourth-order valence-electron chi connectivity index (χ4n) is 3.39. The third kappa shape index (κ3) is 17.5. The molecule has 0 bridgehead atoms. The molecule has 0 saturated heterocycles. The smallest absolute Gasteiger partial charge is 0.331 e. The summed E-state index contributed by atoms with van der Waals surface area (Å²) in [7, 11) is 0. The van der Waals surface area contributed by atoms with Gasteiger partial charge in [-0.05, 0) is 90.6 Å². The average molecular weight is 427 g/mol. The monoisotopic (exact) mass is 426 g/mol. The van der Waals surface area contributed by atoms with E-state index in [0.29, 0.717) is 13.2 Å². The Kier molecular flexibility index (Phi) is 19.9. The third-order valence-corrected chi connectivity index (χ3v) is 4.74. The summed E-state index contributed by atoms with van der Waals surface area (Å²) in [6.07, 6.45) is 10.6. The Morgan fingerprint density at radius 3 is 1.20 bits per heavy atom. The van der Waals surface area contributed by atoms with Gasteiger partial charge in [-0.1, -0.05) is 27.7 Å². The molecule has 30 heavy (non-hydrogen) atoms. The van der Waals surface area contributed by atoms with E-state index >= 15 is 0 Å². The molecule has 0 N–H and O–H groups in total. The van der Waals surface area contributed by atoms with Gasteiger partial charge in [0.25, 0.3) is 0 Å². The van der Waals surface area contributed by atoms with E-state index in [1.54, 1.807) is 0 Å². The van der Waals surface area contributed by atoms with Crippen molar-refractivity contribution in [1.29, 1.82) is 0 Å². The van der Waals surface area contributed by atoms with Crippen molar-refractivity contribution in [3.05, 3.63) is 12.2 Å². The highest BCUT2D eigenvalue weighted by Gasteiger charge is 2.05. The zero-order valence-corrected chi connectivity index (χ0v) is 20.0. The van der Waals surface area contributed by atoms with Crippen LogP contribution in [-0.4, -0.2) is 74.2 Å². The molecule has 176 valence electrons. The van der Waals surface area contributed by atoms with Crippen molar-refractivity contribution >= 4 is 11.9 Å². The van der Waals surface area contributed by atoms with Crippen LogP contribution in [0.2, 0.25) is 0 Å². The number of unbranched alkanes of at least 4 members (excludes halogenated alkanes) is 2. The Morgan fingerprint density at radius 2 is 0.900 bits per heavy atom. The number of ether oxygens (including phenoxy) is 2. The summed E-state index contributed by atoms with van der Waals surface area (Å²) < 4.78 is 10.3. The molecule has 0 radical (unpaired) electrons. The Hall–Kier alpha value is -1.40. The maximum atomic E-state index is 11.7. The summed E-state index contributed by atoms with van der Waals surface area (Å²) in [6.45, 7) is 16.1. The first-order valence-electron chi connectivity index (χ1n) is 12.0. The third-order valence-electron chi connectivity index (χ3n) is 4.74. The molecule has 6 heteroatoms. The number of nitrogens with zero attached hydrogens (tertiary/aromatic N) is 2. The molecule has 6 nitrogen and oxygen atoms in total. The van der Waals surface area contributed by atoms with Gasteiger partial charge in [0.1, 0.15) is 0 Å². The van der Waals surface area contributed by atoms with Gasteiger partial charge in [0.05, 0.1) is 13.2 Å². The van der Waals surface area contributed by atoms with Crippen molar-refractivity contribution in [3.8, 4) is 0 Å². The summed E-state index contributed by atoms with van der Waals surface area (Å²) in [5.41, 5.74) is 0. The predicted octanol–water partition coefficient (Wildman–Crippen LogP) is 4.43. The lowest BCUT2D eigenvalue weighted by Gasteiger charge is -2.20. The summed E-state index contributed by atoms with van der Waals surface area (Å²) in [4.78, 5) is 28.3. The van der Waals surface area contributed by atoms with Crippen LogP contribution in [0, 0.1) is 0 Å². The van der Waals surface area contributed by atoms with Gasteiger partial charge in [-0.3, -0.25) is 0 Å². The van der Waals surface area contributed by atoms with Gasteiger partial charge < -0.3 is 19.3 Å². The number of hydrogen-bond donors (Lipinski definition) is 0. The first kappa shape index (κ1) is 28.6. The topological polar surface area (TPSA) is 59.1 Å². The standard InChI is InChI=1S/C24H46N2O4/c1-5-15-25(16-6-2)19-9-11-21-29-23(27)13-14-24(28)30-22-12-10-20-26(17-7-3)18-8-4/h13-14H,5-12,15-22H2,1-4H3/b14-13-. The maximum absolute atomic E-state index is 11.7. The molecule has 0 spiro atoms. The van der Waals surface area contributed by atoms with E-state index in [1.165, 1.54) is 0 Å². The Balaban J connectivity index is 3.79. The molecular weight excluding hydrogens is 380 g/mol. The van der Waals surface area contributed by atoms with E-state index in [9.17, 15) is 9.59 Å². The Morgan fingerprint density at radius 1 is 0.567 bits per heavy atom. The fourth-order valence-corrected chi connectivity index (χ4v) is 3.39. The van der Waals surface area contributed by atoms with Crippen molar-refractivity contribution in [2.45, 2.75) is 79.1 Å². The zero-order valence-electron chi connectivity index (χ0n) is 20.0. The lowest BCUT2D eigenvalue weighted by Crippen LogP contribution is -2.26. The van der Waals surface area contributed by atoms with E-state index in [0.717, 1.165) is 103 Å². The molecule has 0 aromatic carbocycles. The van der Waals surface area contributed by atoms with Crippen LogP contribution in [0.4, 0.5) is 0 Å². The number of esters is 2. The SMILES string of the molecule is CCCN(CCC)CCCCOC(=O)/C=C\C(=O)OCCCCN(CCC)CCC. The molecule has 0 atom stereocenters. The molecule has 0 aliphatic heterocycles. The lowest BCUT2D eigenvalue weighted by molar-refractivity contribution is -0.140. The van der Waals surface area contributed by atoms with Crippen LogP contribution in [0.3, 0.4) is 0 Å². The largest absolute Gasteiger partial charge is 0.463 e. The van der Waals surface area contributed by atoms with Crippen molar-refractivity contribution in [2.75, 3.05) is 52.5 Å². The van der Waals surface area contributed by atoms with E-state index in [1.807, 2.05) is 0 Å². The zero-order chi connectivity index (χ0) is 22.5. The van der Waals surface area contributed by atoms with Crippen LogP contribution in [-0.2, 0) is 19.1 Å². The first-order valence-corrected chi connectivity index (χ1v) is 12.0. The predicted molar refractivity (Wildman–Crippen MR) is 124 cm³/mol. The highest BCUT2D eigenvalue weighted by Crippen LogP contribution is 2.01. The van der Waals surface area contributed by atoms with Gasteiger partial charge in [0.15, 0.2) is 0 Å². The van der Waals surface area contributed by atoms with E-state index in [2.05, 4.69) is 37.5 Å². The second-order valence-corrected chi connectivity index (χ2v) is 7.77. The first-order chi connectivity index (χ1) is 14.6. The summed E-state index contributed by atoms with van der Waals surface area (Å²) in [5, 5.41) is 0. The second kappa shape index (κ2) is 20.9. The second-order valence-electron chi connectivity index (χ2n) is 7.77. The molecule has 0 heterocycles. The van der Waals surface area contributed by atoms with Crippen LogP contribution < -0.4 is 0 Å². The summed E-state index contributed by atoms with van der Waals surface area (Å²) >= 11 is 0. The molecule has 0 fully saturated rings. The molecule has 0 aromatic rings. The van der Waals surface area contributed by atoms with Crippen molar-refractivity contribution in [2.24, 2.45) is 0 Å². The number of carbonyl (C=O) groups is 2. The lowest BCUT2D eigenvalue weighted by atomic mass is 10.2. The van der Waals surface area contributed by atoms with E-state index < -0.39 is 11.9 Å². The van der Waals surface area contributed by atoms with Crippen molar-refractivity contribution < 1.29 is 19.1 Å². The number of rotatable bonds is 20. The minimum atomic E-state index is -0.485. The fraction of sp³-hybridized carbons (Fsp3) is 0.833. The highest BCUT2D eigenvalue weighted by atomic mass is 16.5. The van der Waals surface area contributed by atoms with Crippen LogP contribution in [0.5, 0.6) is 0 Å². The Labute approximate surface area is 185 Å². The molecule has 0 rings (SSSR count). The quantitative estimate of drug-likeness (QED) is 0.163. The minimum absolute atomic E-state index is 0.385. The minimum Gasteiger partial charge on any atom is -0.463 e.